The minimum absolute atomic E-state index is 0.146. The van der Waals surface area contributed by atoms with Gasteiger partial charge < -0.3 is 0 Å². The quantitative estimate of drug-likeness (QED) is 0.615. The van der Waals surface area contributed by atoms with E-state index in [0.29, 0.717) is 16.4 Å². The Hall–Kier alpha value is -0.810. The molecule has 2 rings (SSSR count). The van der Waals surface area contributed by atoms with Gasteiger partial charge in [-0.3, -0.25) is 4.79 Å². The zero-order valence-electron chi connectivity index (χ0n) is 6.77. The summed E-state index contributed by atoms with van der Waals surface area (Å²) in [5.74, 6) is 0. The number of rotatable bonds is 0. The Balaban J connectivity index is 2.80. The highest BCUT2D eigenvalue weighted by molar-refractivity contribution is 8.78. The van der Waals surface area contributed by atoms with Gasteiger partial charge in [-0.15, -0.1) is 0 Å². The molecule has 1 aliphatic heterocycles. The molecule has 5 heteroatoms. The summed E-state index contributed by atoms with van der Waals surface area (Å²) in [6.07, 6.45) is 0. The van der Waals surface area contributed by atoms with Crippen molar-refractivity contribution in [2.45, 2.75) is 11.8 Å². The summed E-state index contributed by atoms with van der Waals surface area (Å²) in [5.41, 5.74) is 1.20. The number of hydrogen-bond donors (Lipinski definition) is 0. The van der Waals surface area contributed by atoms with Crippen molar-refractivity contribution in [3.63, 3.8) is 0 Å². The first kappa shape index (κ1) is 8.77. The molecule has 3 nitrogen and oxygen atoms in total. The fraction of sp³-hybridized carbons (Fsp3) is 0.125. The number of benzene rings is 1. The van der Waals surface area contributed by atoms with E-state index in [0.717, 1.165) is 5.56 Å². The fourth-order valence-corrected chi connectivity index (χ4v) is 4.05. The van der Waals surface area contributed by atoms with Gasteiger partial charge in [0.2, 0.25) is 14.0 Å². The van der Waals surface area contributed by atoms with Crippen molar-refractivity contribution in [2.75, 3.05) is 0 Å². The Kier molecular flexibility index (Phi) is 1.75. The average Bonchev–Trinajstić information content (AvgIpc) is 2.22. The van der Waals surface area contributed by atoms with Crippen LogP contribution in [0.3, 0.4) is 0 Å². The van der Waals surface area contributed by atoms with E-state index < -0.39 is 8.87 Å². The Labute approximate surface area is 79.5 Å². The van der Waals surface area contributed by atoms with Gasteiger partial charge in [-0.1, -0.05) is 11.6 Å². The monoisotopic (exact) mass is 214 g/mol. The van der Waals surface area contributed by atoms with Gasteiger partial charge in [-0.2, -0.15) is 0 Å². The first-order chi connectivity index (χ1) is 6.00. The normalized spacial score (nSPS) is 18.7. The van der Waals surface area contributed by atoms with Gasteiger partial charge in [0.1, 0.15) is 0 Å². The molecule has 0 aliphatic carbocycles. The van der Waals surface area contributed by atoms with Crippen LogP contribution in [0.4, 0.5) is 0 Å². The van der Waals surface area contributed by atoms with Gasteiger partial charge in [0.15, 0.2) is 0 Å². The average molecular weight is 214 g/mol. The minimum atomic E-state index is -3.40. The second-order valence-electron chi connectivity index (χ2n) is 2.82. The first-order valence-electron chi connectivity index (χ1n) is 3.60. The largest absolute Gasteiger partial charge is 0.280 e. The molecule has 1 aromatic rings. The molecule has 0 N–H and O–H groups in total. The highest BCUT2D eigenvalue weighted by atomic mass is 33.1. The Morgan fingerprint density at radius 2 is 2.00 bits per heavy atom. The van der Waals surface area contributed by atoms with Crippen molar-refractivity contribution >= 4 is 24.8 Å². The zero-order valence-corrected chi connectivity index (χ0v) is 8.41. The lowest BCUT2D eigenvalue weighted by molar-refractivity contribution is 0.108. The number of fused-ring (bicyclic) bond motifs is 1. The SMILES string of the molecule is Cc1ccc2c(c1)C(=O)SS2(=O)=O. The summed E-state index contributed by atoms with van der Waals surface area (Å²) < 4.78 is 22.6. The van der Waals surface area contributed by atoms with Gasteiger partial charge in [-0.05, 0) is 19.1 Å². The van der Waals surface area contributed by atoms with E-state index in [-0.39, 0.29) is 10.0 Å². The third-order valence-electron chi connectivity index (χ3n) is 1.81. The molecule has 0 radical (unpaired) electrons. The summed E-state index contributed by atoms with van der Waals surface area (Å²) >= 11 is 0. The van der Waals surface area contributed by atoms with Crippen LogP contribution in [-0.2, 0) is 8.87 Å². The summed E-state index contributed by atoms with van der Waals surface area (Å²) in [4.78, 5) is 11.4. The molecule has 1 aliphatic rings. The van der Waals surface area contributed by atoms with Crippen molar-refractivity contribution in [1.82, 2.24) is 0 Å². The van der Waals surface area contributed by atoms with Crippen molar-refractivity contribution in [3.05, 3.63) is 29.3 Å². The molecule has 0 saturated carbocycles. The second-order valence-corrected chi connectivity index (χ2v) is 6.53. The molecule has 0 spiro atoms. The minimum Gasteiger partial charge on any atom is -0.280 e. The molecule has 1 heterocycles. The molecule has 0 bridgehead atoms. The standard InChI is InChI=1S/C8H6O3S2/c1-5-2-3-7-6(4-5)8(9)12-13(7,10)11/h2-4H,1H3. The van der Waals surface area contributed by atoms with Gasteiger partial charge in [0, 0.05) is 5.56 Å². The maximum Gasteiger partial charge on any atom is 0.238 e. The molecule has 0 amide bonds. The van der Waals surface area contributed by atoms with Crippen LogP contribution in [0.15, 0.2) is 23.1 Å². The van der Waals surface area contributed by atoms with Crippen LogP contribution in [0.1, 0.15) is 15.9 Å². The van der Waals surface area contributed by atoms with E-state index in [4.69, 9.17) is 0 Å². The van der Waals surface area contributed by atoms with Crippen LogP contribution >= 0.6 is 10.8 Å². The van der Waals surface area contributed by atoms with Crippen LogP contribution in [0.5, 0.6) is 0 Å². The lowest BCUT2D eigenvalue weighted by Crippen LogP contribution is -1.90. The van der Waals surface area contributed by atoms with Gasteiger partial charge in [0.25, 0.3) is 0 Å². The fourth-order valence-electron chi connectivity index (χ4n) is 1.21. The van der Waals surface area contributed by atoms with E-state index in [1.54, 1.807) is 12.1 Å². The maximum absolute atomic E-state index is 11.3. The Bertz CT molecular complexity index is 488. The molecule has 0 unspecified atom stereocenters. The van der Waals surface area contributed by atoms with E-state index in [1.165, 1.54) is 6.07 Å². The molecule has 68 valence electrons. The van der Waals surface area contributed by atoms with Crippen molar-refractivity contribution < 1.29 is 13.2 Å². The molecule has 1 aromatic carbocycles. The lowest BCUT2D eigenvalue weighted by atomic mass is 10.1. The molecule has 0 fully saturated rings. The molecule has 0 aromatic heterocycles. The van der Waals surface area contributed by atoms with E-state index in [1.807, 2.05) is 6.92 Å². The van der Waals surface area contributed by atoms with Gasteiger partial charge >= 0.3 is 0 Å². The van der Waals surface area contributed by atoms with Crippen molar-refractivity contribution in [3.8, 4) is 0 Å². The zero-order chi connectivity index (χ0) is 9.64. The van der Waals surface area contributed by atoms with Crippen LogP contribution in [0.2, 0.25) is 0 Å². The smallest absolute Gasteiger partial charge is 0.238 e. The maximum atomic E-state index is 11.3. The van der Waals surface area contributed by atoms with E-state index in [9.17, 15) is 13.2 Å². The number of hydrogen-bond acceptors (Lipinski definition) is 4. The summed E-state index contributed by atoms with van der Waals surface area (Å²) in [6.45, 7) is 1.82. The first-order valence-corrected chi connectivity index (χ1v) is 6.42. The third-order valence-corrected chi connectivity index (χ3v) is 4.95. The highest BCUT2D eigenvalue weighted by Crippen LogP contribution is 2.37. The molecular formula is C8H6O3S2. The summed E-state index contributed by atoms with van der Waals surface area (Å²) in [5, 5.41) is -0.376. The van der Waals surface area contributed by atoms with Crippen LogP contribution in [0.25, 0.3) is 0 Å². The summed E-state index contributed by atoms with van der Waals surface area (Å²) in [6, 6.07) is 4.78. The number of carbonyl (C=O) groups is 1. The Morgan fingerprint density at radius 1 is 1.31 bits per heavy atom. The third kappa shape index (κ3) is 1.28. The Morgan fingerprint density at radius 3 is 2.69 bits per heavy atom. The predicted molar refractivity (Wildman–Crippen MR) is 50.3 cm³/mol. The van der Waals surface area contributed by atoms with Crippen LogP contribution in [0, 0.1) is 6.92 Å². The predicted octanol–water partition coefficient (Wildman–Crippen LogP) is 1.57. The molecule has 0 saturated heterocycles. The van der Waals surface area contributed by atoms with Crippen LogP contribution < -0.4 is 0 Å². The van der Waals surface area contributed by atoms with Crippen molar-refractivity contribution in [1.29, 1.82) is 0 Å². The topological polar surface area (TPSA) is 51.2 Å². The lowest BCUT2D eigenvalue weighted by Gasteiger charge is -1.95. The summed E-state index contributed by atoms with van der Waals surface area (Å²) in [7, 11) is -3.01. The molecule has 0 atom stereocenters. The molecule has 13 heavy (non-hydrogen) atoms. The van der Waals surface area contributed by atoms with E-state index >= 15 is 0 Å². The number of aryl methyl sites for hydroxylation is 1. The van der Waals surface area contributed by atoms with Crippen molar-refractivity contribution in [2.24, 2.45) is 0 Å². The van der Waals surface area contributed by atoms with Gasteiger partial charge in [0.05, 0.1) is 15.7 Å². The second kappa shape index (κ2) is 2.59. The van der Waals surface area contributed by atoms with Crippen LogP contribution in [-0.4, -0.2) is 13.5 Å². The molecular weight excluding hydrogens is 208 g/mol. The van der Waals surface area contributed by atoms with E-state index in [2.05, 4.69) is 0 Å². The van der Waals surface area contributed by atoms with Gasteiger partial charge in [-0.25, -0.2) is 8.42 Å². The number of carbonyl (C=O) groups excluding carboxylic acids is 1. The highest BCUT2D eigenvalue weighted by Gasteiger charge is 2.34.